The van der Waals surface area contributed by atoms with Gasteiger partial charge in [0, 0.05) is 26.5 Å². The van der Waals surface area contributed by atoms with Gasteiger partial charge in [0.2, 0.25) is 5.91 Å². The molecule has 2 amide bonds. The molecule has 0 aliphatic rings. The van der Waals surface area contributed by atoms with Crippen molar-refractivity contribution in [2.45, 2.75) is 4.90 Å². The molecule has 6 nitrogen and oxygen atoms in total. The van der Waals surface area contributed by atoms with Gasteiger partial charge in [-0.15, -0.1) is 23.1 Å². The maximum absolute atomic E-state index is 12.4. The first-order chi connectivity index (χ1) is 16.9. The van der Waals surface area contributed by atoms with E-state index in [1.165, 1.54) is 29.2 Å². The number of nitrogens with zero attached hydrogens (tertiary/aromatic N) is 1. The molecule has 1 aromatic heterocycles. The molecule has 0 unspecified atom stereocenters. The number of ether oxygens (including phenoxy) is 1. The third-order valence-electron chi connectivity index (χ3n) is 4.79. The number of rotatable bonds is 8. The summed E-state index contributed by atoms with van der Waals surface area (Å²) in [7, 11) is 1.61. The predicted molar refractivity (Wildman–Crippen MR) is 144 cm³/mol. The molecule has 3 aromatic carbocycles. The Labute approximate surface area is 220 Å². The van der Waals surface area contributed by atoms with Gasteiger partial charge in [-0.05, 0) is 54.6 Å². The lowest BCUT2D eigenvalue weighted by atomic mass is 10.1. The minimum absolute atomic E-state index is 0.161. The Morgan fingerprint density at radius 1 is 1.03 bits per heavy atom. The number of thioether (sulfide) groups is 1. The molecule has 0 saturated carbocycles. The molecule has 0 saturated heterocycles. The number of nitrogens with one attached hydrogen (secondary N) is 2. The number of carbonyl (C=O) groups excluding carboxylic acids is 2. The van der Waals surface area contributed by atoms with Gasteiger partial charge in [0.15, 0.2) is 5.13 Å². The van der Waals surface area contributed by atoms with Gasteiger partial charge in [0.1, 0.15) is 5.75 Å². The highest BCUT2D eigenvalue weighted by Crippen LogP contribution is 2.32. The first kappa shape index (κ1) is 25.1. The summed E-state index contributed by atoms with van der Waals surface area (Å²) in [5.74, 6) is 0.450. The smallest absolute Gasteiger partial charge is 0.257 e. The molecule has 0 fully saturated rings. The van der Waals surface area contributed by atoms with Crippen LogP contribution in [0.4, 0.5) is 10.8 Å². The molecule has 4 rings (SSSR count). The fourth-order valence-corrected chi connectivity index (χ4v) is 5.04. The summed E-state index contributed by atoms with van der Waals surface area (Å²) < 4.78 is 5.38. The molecule has 178 valence electrons. The number of amides is 2. The van der Waals surface area contributed by atoms with E-state index < -0.39 is 0 Å². The minimum Gasteiger partial charge on any atom is -0.496 e. The van der Waals surface area contributed by atoms with Crippen LogP contribution in [-0.4, -0.2) is 29.7 Å². The van der Waals surface area contributed by atoms with Crippen LogP contribution >= 0.6 is 46.3 Å². The Morgan fingerprint density at radius 2 is 1.80 bits per heavy atom. The van der Waals surface area contributed by atoms with E-state index in [2.05, 4.69) is 15.6 Å². The lowest BCUT2D eigenvalue weighted by Gasteiger charge is -2.08. The van der Waals surface area contributed by atoms with E-state index >= 15 is 0 Å². The highest BCUT2D eigenvalue weighted by atomic mass is 35.5. The van der Waals surface area contributed by atoms with Crippen molar-refractivity contribution in [2.24, 2.45) is 0 Å². The first-order valence-electron chi connectivity index (χ1n) is 10.3. The van der Waals surface area contributed by atoms with Gasteiger partial charge in [-0.1, -0.05) is 35.3 Å². The number of aromatic nitrogens is 1. The second-order valence-electron chi connectivity index (χ2n) is 7.18. The SMILES string of the molecule is COc1ccccc1-c1csc(NC(=O)CSc2ccc(NC(=O)c3ccc(Cl)cc3Cl)cc2)n1. The number of thiazole rings is 1. The fraction of sp³-hybridized carbons (Fsp3) is 0.0800. The van der Waals surface area contributed by atoms with E-state index in [4.69, 9.17) is 27.9 Å². The van der Waals surface area contributed by atoms with Crippen molar-refractivity contribution in [2.75, 3.05) is 23.5 Å². The third kappa shape index (κ3) is 6.55. The minimum atomic E-state index is -0.331. The van der Waals surface area contributed by atoms with E-state index in [1.54, 1.807) is 31.4 Å². The summed E-state index contributed by atoms with van der Waals surface area (Å²) >= 11 is 14.7. The summed E-state index contributed by atoms with van der Waals surface area (Å²) in [6.07, 6.45) is 0. The summed E-state index contributed by atoms with van der Waals surface area (Å²) in [5.41, 5.74) is 2.56. The maximum atomic E-state index is 12.4. The molecule has 35 heavy (non-hydrogen) atoms. The van der Waals surface area contributed by atoms with Crippen LogP contribution in [0, 0.1) is 0 Å². The number of hydrogen-bond donors (Lipinski definition) is 2. The second-order valence-corrected chi connectivity index (χ2v) is 9.93. The van der Waals surface area contributed by atoms with Crippen LogP contribution in [-0.2, 0) is 4.79 Å². The van der Waals surface area contributed by atoms with E-state index in [1.807, 2.05) is 41.8 Å². The number of para-hydroxylation sites is 1. The summed E-state index contributed by atoms with van der Waals surface area (Å²) in [4.78, 5) is 30.2. The zero-order chi connectivity index (χ0) is 24.8. The van der Waals surface area contributed by atoms with Crippen molar-refractivity contribution in [1.29, 1.82) is 0 Å². The van der Waals surface area contributed by atoms with Crippen molar-refractivity contribution in [3.63, 3.8) is 0 Å². The third-order valence-corrected chi connectivity index (χ3v) is 7.11. The number of carbonyl (C=O) groups is 2. The summed E-state index contributed by atoms with van der Waals surface area (Å²) in [6, 6.07) is 19.5. The molecule has 0 bridgehead atoms. The van der Waals surface area contributed by atoms with Crippen molar-refractivity contribution in [1.82, 2.24) is 4.98 Å². The molecule has 0 aliphatic heterocycles. The van der Waals surface area contributed by atoms with Crippen LogP contribution in [0.5, 0.6) is 5.75 Å². The highest BCUT2D eigenvalue weighted by molar-refractivity contribution is 8.00. The van der Waals surface area contributed by atoms with Crippen LogP contribution in [0.1, 0.15) is 10.4 Å². The van der Waals surface area contributed by atoms with Crippen LogP contribution < -0.4 is 15.4 Å². The molecule has 0 aliphatic carbocycles. The largest absolute Gasteiger partial charge is 0.496 e. The Morgan fingerprint density at radius 3 is 2.54 bits per heavy atom. The predicted octanol–water partition coefficient (Wildman–Crippen LogP) is 7.11. The normalized spacial score (nSPS) is 10.6. The summed E-state index contributed by atoms with van der Waals surface area (Å²) in [6.45, 7) is 0. The Bertz CT molecular complexity index is 1360. The number of hydrogen-bond acceptors (Lipinski definition) is 6. The van der Waals surface area contributed by atoms with Gasteiger partial charge < -0.3 is 15.4 Å². The lowest BCUT2D eigenvalue weighted by molar-refractivity contribution is -0.113. The van der Waals surface area contributed by atoms with E-state index in [0.29, 0.717) is 21.4 Å². The van der Waals surface area contributed by atoms with Crippen molar-refractivity contribution >= 4 is 68.9 Å². The zero-order valence-electron chi connectivity index (χ0n) is 18.4. The van der Waals surface area contributed by atoms with E-state index in [0.717, 1.165) is 21.9 Å². The molecule has 2 N–H and O–H groups in total. The van der Waals surface area contributed by atoms with Gasteiger partial charge in [-0.3, -0.25) is 9.59 Å². The molecule has 0 spiro atoms. The molecular formula is C25H19Cl2N3O3S2. The van der Waals surface area contributed by atoms with Gasteiger partial charge >= 0.3 is 0 Å². The number of halogens is 2. The molecular weight excluding hydrogens is 525 g/mol. The molecule has 10 heteroatoms. The molecule has 1 heterocycles. The van der Waals surface area contributed by atoms with Gasteiger partial charge in [0.05, 0.1) is 29.1 Å². The van der Waals surface area contributed by atoms with Crippen molar-refractivity contribution < 1.29 is 14.3 Å². The fourth-order valence-electron chi connectivity index (χ4n) is 3.12. The van der Waals surface area contributed by atoms with E-state index in [-0.39, 0.29) is 22.6 Å². The van der Waals surface area contributed by atoms with Crippen molar-refractivity contribution in [3.8, 4) is 17.0 Å². The molecule has 0 atom stereocenters. The topological polar surface area (TPSA) is 80.3 Å². The van der Waals surface area contributed by atoms with Crippen LogP contribution in [0.2, 0.25) is 10.0 Å². The van der Waals surface area contributed by atoms with Crippen LogP contribution in [0.3, 0.4) is 0 Å². The van der Waals surface area contributed by atoms with Crippen LogP contribution in [0.25, 0.3) is 11.3 Å². The Kier molecular flexibility index (Phi) is 8.30. The van der Waals surface area contributed by atoms with E-state index in [9.17, 15) is 9.59 Å². The highest BCUT2D eigenvalue weighted by Gasteiger charge is 2.13. The van der Waals surface area contributed by atoms with Gasteiger partial charge in [-0.25, -0.2) is 4.98 Å². The quantitative estimate of drug-likeness (QED) is 0.231. The van der Waals surface area contributed by atoms with Crippen molar-refractivity contribution in [3.05, 3.63) is 87.7 Å². The standard InChI is InChI=1S/C25H19Cl2N3O3S2/c1-33-22-5-3-2-4-19(22)21-13-35-25(29-21)30-23(31)14-34-17-9-7-16(8-10-17)28-24(32)18-11-6-15(26)12-20(18)27/h2-13H,14H2,1H3,(H,28,32)(H,29,30,31). The van der Waals surface area contributed by atoms with Gasteiger partial charge in [0.25, 0.3) is 5.91 Å². The second kappa shape index (κ2) is 11.6. The lowest BCUT2D eigenvalue weighted by Crippen LogP contribution is -2.14. The van der Waals surface area contributed by atoms with Gasteiger partial charge in [-0.2, -0.15) is 0 Å². The monoisotopic (exact) mass is 543 g/mol. The molecule has 4 aromatic rings. The Balaban J connectivity index is 1.29. The average Bonchev–Trinajstić information content (AvgIpc) is 3.31. The number of anilines is 2. The number of benzene rings is 3. The molecule has 0 radical (unpaired) electrons. The number of methoxy groups -OCH3 is 1. The maximum Gasteiger partial charge on any atom is 0.257 e. The average molecular weight is 544 g/mol. The van der Waals surface area contributed by atoms with Crippen LogP contribution in [0.15, 0.2) is 77.0 Å². The Hall–Kier alpha value is -3.04. The summed E-state index contributed by atoms with van der Waals surface area (Å²) in [5, 5.41) is 8.78. The zero-order valence-corrected chi connectivity index (χ0v) is 21.5. The first-order valence-corrected chi connectivity index (χ1v) is 12.9.